The number of nitrogens with zero attached hydrogens (tertiary/aromatic N) is 4. The van der Waals surface area contributed by atoms with Crippen molar-refractivity contribution in [3.63, 3.8) is 0 Å². The Bertz CT molecular complexity index is 1180. The zero-order chi connectivity index (χ0) is 26.3. The molecular formula is C28H34Cl3FN4O2. The van der Waals surface area contributed by atoms with Gasteiger partial charge in [-0.2, -0.15) is 0 Å². The van der Waals surface area contributed by atoms with E-state index in [0.29, 0.717) is 41.6 Å². The average Bonchev–Trinajstić information content (AvgIpc) is 3.22. The summed E-state index contributed by atoms with van der Waals surface area (Å²) in [6, 6.07) is 10.5. The van der Waals surface area contributed by atoms with Gasteiger partial charge in [0.05, 0.1) is 6.04 Å². The van der Waals surface area contributed by atoms with Crippen molar-refractivity contribution in [2.45, 2.75) is 57.3 Å². The van der Waals surface area contributed by atoms with Crippen molar-refractivity contribution >= 4 is 47.5 Å². The van der Waals surface area contributed by atoms with E-state index in [1.807, 2.05) is 34.9 Å². The summed E-state index contributed by atoms with van der Waals surface area (Å²) >= 11 is 12.3. The molecule has 0 aromatic heterocycles. The fraction of sp³-hybridized carbons (Fsp3) is 0.500. The highest BCUT2D eigenvalue weighted by molar-refractivity contribution is 6.34. The molecule has 10 heteroatoms. The van der Waals surface area contributed by atoms with Gasteiger partial charge in [-0.1, -0.05) is 29.3 Å². The highest BCUT2D eigenvalue weighted by atomic mass is 35.5. The van der Waals surface area contributed by atoms with Gasteiger partial charge in [0.1, 0.15) is 5.82 Å². The maximum atomic E-state index is 14.0. The highest BCUT2D eigenvalue weighted by Crippen LogP contribution is 2.37. The molecule has 3 aliphatic heterocycles. The Balaban J connectivity index is 0.00000336. The number of amides is 3. The van der Waals surface area contributed by atoms with Crippen LogP contribution in [0.3, 0.4) is 0 Å². The monoisotopic (exact) mass is 582 g/mol. The molecule has 3 amide bonds. The molecule has 0 unspecified atom stereocenters. The fourth-order valence-corrected chi connectivity index (χ4v) is 6.87. The van der Waals surface area contributed by atoms with Crippen LogP contribution in [0.5, 0.6) is 0 Å². The second kappa shape index (κ2) is 12.0. The zero-order valence-corrected chi connectivity index (χ0v) is 24.0. The van der Waals surface area contributed by atoms with Gasteiger partial charge in [-0.3, -0.25) is 9.69 Å². The van der Waals surface area contributed by atoms with Gasteiger partial charge in [0.2, 0.25) is 5.91 Å². The summed E-state index contributed by atoms with van der Waals surface area (Å²) < 4.78 is 14.0. The molecule has 3 aliphatic rings. The first kappa shape index (κ1) is 28.9. The number of hydrogen-bond acceptors (Lipinski definition) is 3. The number of rotatable bonds is 4. The molecule has 5 rings (SSSR count). The Kier molecular flexibility index (Phi) is 9.13. The number of benzene rings is 2. The van der Waals surface area contributed by atoms with Gasteiger partial charge in [0.15, 0.2) is 0 Å². The lowest BCUT2D eigenvalue weighted by molar-refractivity contribution is -0.131. The summed E-state index contributed by atoms with van der Waals surface area (Å²) in [5.74, 6) is -0.00244. The van der Waals surface area contributed by atoms with E-state index in [-0.39, 0.29) is 36.2 Å². The first-order chi connectivity index (χ1) is 17.7. The van der Waals surface area contributed by atoms with E-state index < -0.39 is 0 Å². The van der Waals surface area contributed by atoms with E-state index in [4.69, 9.17) is 23.2 Å². The molecule has 206 valence electrons. The van der Waals surface area contributed by atoms with E-state index in [2.05, 4.69) is 4.90 Å². The van der Waals surface area contributed by atoms with Crippen LogP contribution in [0.15, 0.2) is 36.4 Å². The quantitative estimate of drug-likeness (QED) is 0.449. The molecule has 3 atom stereocenters. The van der Waals surface area contributed by atoms with Crippen LogP contribution in [-0.4, -0.2) is 76.8 Å². The third-order valence-corrected chi connectivity index (χ3v) is 8.56. The molecule has 38 heavy (non-hydrogen) atoms. The predicted molar refractivity (Wildman–Crippen MR) is 150 cm³/mol. The smallest absolute Gasteiger partial charge is 0.320 e. The molecule has 3 saturated heterocycles. The molecule has 3 heterocycles. The number of piperidine rings is 1. The number of carbonyl (C=O) groups excluding carboxylic acids is 2. The van der Waals surface area contributed by atoms with Gasteiger partial charge < -0.3 is 14.7 Å². The minimum Gasteiger partial charge on any atom is -0.337 e. The van der Waals surface area contributed by atoms with Crippen molar-refractivity contribution in [3.8, 4) is 0 Å². The van der Waals surface area contributed by atoms with Gasteiger partial charge in [-0.25, -0.2) is 9.18 Å². The van der Waals surface area contributed by atoms with Crippen LogP contribution in [0.25, 0.3) is 0 Å². The third-order valence-electron chi connectivity index (χ3n) is 8.12. The molecule has 0 N–H and O–H groups in total. The molecule has 2 aromatic rings. The number of fused-ring (bicyclic) bond motifs is 1. The molecule has 0 radical (unpaired) electrons. The number of piperazine rings is 1. The number of halogens is 4. The van der Waals surface area contributed by atoms with Crippen LogP contribution < -0.4 is 0 Å². The van der Waals surface area contributed by atoms with E-state index >= 15 is 0 Å². The second-order valence-electron chi connectivity index (χ2n) is 10.6. The second-order valence-corrected chi connectivity index (χ2v) is 11.5. The van der Waals surface area contributed by atoms with Crippen molar-refractivity contribution in [3.05, 3.63) is 69.0 Å². The third kappa shape index (κ3) is 6.06. The number of hydrogen-bond donors (Lipinski definition) is 0. The van der Waals surface area contributed by atoms with Gasteiger partial charge in [-0.05, 0) is 73.2 Å². The maximum absolute atomic E-state index is 14.0. The standard InChI is InChI=1S/C28H33Cl2FN4O2.ClH/c1-18-11-22(31)3-5-25(18)26-15-23(33-9-10-34-24(17-33)4-6-27(34)36)7-8-35(26)28(37)32(2)16-19-12-20(29)14-21(30)13-19;/h3,5,11-14,23-24,26H,4,6-10,15-17H2,1-2H3;1H/t23-,24-,26-;/m1./s1. The number of likely N-dealkylation sites (tertiary alicyclic amines) is 1. The Labute approximate surface area is 240 Å². The SMILES string of the molecule is Cc1cc(F)ccc1[C@H]1C[C@H](N2CCN3C(=O)CC[C@@H]3C2)CCN1C(=O)N(C)Cc1cc(Cl)cc(Cl)c1.Cl. The molecule has 2 aromatic carbocycles. The van der Waals surface area contributed by atoms with Crippen molar-refractivity contribution in [2.75, 3.05) is 33.2 Å². The Morgan fingerprint density at radius 3 is 2.50 bits per heavy atom. The number of urea groups is 1. The molecule has 0 spiro atoms. The minimum absolute atomic E-state index is 0. The molecular weight excluding hydrogens is 550 g/mol. The predicted octanol–water partition coefficient (Wildman–Crippen LogP) is 5.93. The van der Waals surface area contributed by atoms with Crippen molar-refractivity contribution < 1.29 is 14.0 Å². The first-order valence-corrected chi connectivity index (χ1v) is 13.7. The van der Waals surface area contributed by atoms with Crippen molar-refractivity contribution in [1.82, 2.24) is 19.6 Å². The van der Waals surface area contributed by atoms with Gasteiger partial charge in [0, 0.05) is 68.3 Å². The summed E-state index contributed by atoms with van der Waals surface area (Å²) in [5.41, 5.74) is 2.69. The lowest BCUT2D eigenvalue weighted by Gasteiger charge is -2.48. The van der Waals surface area contributed by atoms with Crippen LogP contribution in [-0.2, 0) is 11.3 Å². The summed E-state index contributed by atoms with van der Waals surface area (Å²) in [4.78, 5) is 34.1. The average molecular weight is 584 g/mol. The van der Waals surface area contributed by atoms with E-state index in [9.17, 15) is 14.0 Å². The van der Waals surface area contributed by atoms with Crippen molar-refractivity contribution in [2.24, 2.45) is 0 Å². The Morgan fingerprint density at radius 2 is 1.79 bits per heavy atom. The largest absolute Gasteiger partial charge is 0.337 e. The zero-order valence-electron chi connectivity index (χ0n) is 21.7. The Morgan fingerprint density at radius 1 is 1.05 bits per heavy atom. The van der Waals surface area contributed by atoms with E-state index in [1.54, 1.807) is 24.1 Å². The lowest BCUT2D eigenvalue weighted by Crippen LogP contribution is -2.57. The first-order valence-electron chi connectivity index (χ1n) is 13.0. The van der Waals surface area contributed by atoms with Crippen LogP contribution in [0.1, 0.15) is 48.4 Å². The fourth-order valence-electron chi connectivity index (χ4n) is 6.30. The minimum atomic E-state index is -0.275. The summed E-state index contributed by atoms with van der Waals surface area (Å²) in [7, 11) is 1.79. The van der Waals surface area contributed by atoms with Crippen molar-refractivity contribution in [1.29, 1.82) is 0 Å². The van der Waals surface area contributed by atoms with Gasteiger partial charge >= 0.3 is 6.03 Å². The van der Waals surface area contributed by atoms with Gasteiger partial charge in [0.25, 0.3) is 0 Å². The van der Waals surface area contributed by atoms with Crippen LogP contribution >= 0.6 is 35.6 Å². The van der Waals surface area contributed by atoms with Crippen LogP contribution in [0.2, 0.25) is 10.0 Å². The molecule has 3 fully saturated rings. The molecule has 0 bridgehead atoms. The summed E-state index contributed by atoms with van der Waals surface area (Å²) in [5, 5.41) is 1.07. The van der Waals surface area contributed by atoms with Crippen LogP contribution in [0, 0.1) is 12.7 Å². The topological polar surface area (TPSA) is 47.1 Å². The Hall–Kier alpha value is -2.06. The van der Waals surface area contributed by atoms with E-state index in [0.717, 1.165) is 55.6 Å². The molecule has 0 saturated carbocycles. The number of carbonyl (C=O) groups is 2. The summed E-state index contributed by atoms with van der Waals surface area (Å²) in [6.07, 6.45) is 3.20. The number of aryl methyl sites for hydroxylation is 1. The van der Waals surface area contributed by atoms with Crippen LogP contribution in [0.4, 0.5) is 9.18 Å². The highest BCUT2D eigenvalue weighted by Gasteiger charge is 2.41. The molecule has 0 aliphatic carbocycles. The maximum Gasteiger partial charge on any atom is 0.320 e. The normalized spacial score (nSPS) is 23.7. The summed E-state index contributed by atoms with van der Waals surface area (Å²) in [6.45, 7) is 5.40. The molecule has 6 nitrogen and oxygen atoms in total. The lowest BCUT2D eigenvalue weighted by atomic mass is 9.88. The van der Waals surface area contributed by atoms with E-state index in [1.165, 1.54) is 6.07 Å². The van der Waals surface area contributed by atoms with Gasteiger partial charge in [-0.15, -0.1) is 12.4 Å².